The summed E-state index contributed by atoms with van der Waals surface area (Å²) in [5.41, 5.74) is 4.28. The molecule has 1 fully saturated rings. The van der Waals surface area contributed by atoms with E-state index in [2.05, 4.69) is 46.0 Å². The van der Waals surface area contributed by atoms with Crippen LogP contribution in [0.1, 0.15) is 54.1 Å². The molecule has 0 saturated carbocycles. The van der Waals surface area contributed by atoms with E-state index in [1.54, 1.807) is 6.07 Å². The van der Waals surface area contributed by atoms with Crippen molar-refractivity contribution in [1.29, 1.82) is 0 Å². The molecule has 2 aromatic carbocycles. The maximum atomic E-state index is 13.6. The van der Waals surface area contributed by atoms with Gasteiger partial charge < -0.3 is 9.38 Å². The molecule has 2 aromatic rings. The molecule has 0 radical (unpaired) electrons. The van der Waals surface area contributed by atoms with Gasteiger partial charge >= 0.3 is 0 Å². The first-order valence-corrected chi connectivity index (χ1v) is 11.2. The summed E-state index contributed by atoms with van der Waals surface area (Å²) in [5, 5.41) is 0.531. The van der Waals surface area contributed by atoms with Crippen LogP contribution in [0, 0.1) is 12.8 Å². The van der Waals surface area contributed by atoms with Crippen molar-refractivity contribution < 1.29 is 9.28 Å². The van der Waals surface area contributed by atoms with E-state index in [1.807, 2.05) is 23.1 Å². The molecular weight excluding hydrogens is 380 g/mol. The highest BCUT2D eigenvalue weighted by molar-refractivity contribution is 6.34. The fourth-order valence-corrected chi connectivity index (χ4v) is 5.33. The molecule has 0 aliphatic carbocycles. The number of quaternary nitrogens is 1. The summed E-state index contributed by atoms with van der Waals surface area (Å²) >= 11 is 6.39. The third-order valence-electron chi connectivity index (χ3n) is 6.81. The van der Waals surface area contributed by atoms with Crippen molar-refractivity contribution in [2.24, 2.45) is 5.92 Å². The molecule has 2 aliphatic heterocycles. The molecule has 154 valence electrons. The van der Waals surface area contributed by atoms with E-state index in [-0.39, 0.29) is 11.9 Å². The lowest BCUT2D eigenvalue weighted by Crippen LogP contribution is -2.57. The van der Waals surface area contributed by atoms with Gasteiger partial charge in [-0.1, -0.05) is 55.3 Å². The topological polar surface area (TPSA) is 20.3 Å². The largest absolute Gasteiger partial charge is 0.325 e. The van der Waals surface area contributed by atoms with Crippen LogP contribution in [0.2, 0.25) is 5.02 Å². The molecule has 1 saturated heterocycles. The van der Waals surface area contributed by atoms with Crippen molar-refractivity contribution in [2.75, 3.05) is 31.6 Å². The monoisotopic (exact) mass is 411 g/mol. The van der Waals surface area contributed by atoms with Gasteiger partial charge in [0.05, 0.1) is 49.2 Å². The van der Waals surface area contributed by atoms with Crippen LogP contribution in [-0.2, 0) is 0 Å². The molecule has 4 heteroatoms. The molecule has 1 amide bonds. The number of benzene rings is 2. The summed E-state index contributed by atoms with van der Waals surface area (Å²) in [7, 11) is 2.40. The van der Waals surface area contributed by atoms with Gasteiger partial charge in [-0.3, -0.25) is 4.79 Å². The minimum Gasteiger partial charge on any atom is -0.325 e. The van der Waals surface area contributed by atoms with Gasteiger partial charge in [-0.05, 0) is 43.0 Å². The fourth-order valence-electron chi connectivity index (χ4n) is 5.11. The maximum Gasteiger partial charge on any atom is 0.260 e. The number of fused-ring (bicyclic) bond motifs is 3. The molecule has 1 unspecified atom stereocenters. The lowest BCUT2D eigenvalue weighted by molar-refractivity contribution is -0.916. The first kappa shape index (κ1) is 20.4. The van der Waals surface area contributed by atoms with Crippen LogP contribution in [0.25, 0.3) is 0 Å². The van der Waals surface area contributed by atoms with E-state index in [0.29, 0.717) is 16.5 Å². The average Bonchev–Trinajstić information content (AvgIpc) is 2.99. The van der Waals surface area contributed by atoms with Gasteiger partial charge in [-0.25, -0.2) is 0 Å². The highest BCUT2D eigenvalue weighted by Crippen LogP contribution is 2.47. The number of carbonyl (C=O) groups is 1. The Morgan fingerprint density at radius 3 is 2.72 bits per heavy atom. The van der Waals surface area contributed by atoms with Crippen LogP contribution in [0.3, 0.4) is 0 Å². The Labute approximate surface area is 179 Å². The van der Waals surface area contributed by atoms with Crippen LogP contribution in [0.4, 0.5) is 5.69 Å². The van der Waals surface area contributed by atoms with Crippen molar-refractivity contribution in [2.45, 2.75) is 45.6 Å². The normalized spacial score (nSPS) is 25.8. The second-order valence-electron chi connectivity index (χ2n) is 9.61. The maximum absolute atomic E-state index is 13.6. The zero-order valence-electron chi connectivity index (χ0n) is 18.0. The molecule has 4 rings (SSSR count). The summed E-state index contributed by atoms with van der Waals surface area (Å²) in [5.74, 6) is 1.15. The molecule has 0 spiro atoms. The number of likely N-dealkylation sites (tertiary alicyclic amines) is 1. The Morgan fingerprint density at radius 1 is 1.24 bits per heavy atom. The van der Waals surface area contributed by atoms with Gasteiger partial charge in [0, 0.05) is 12.1 Å². The number of anilines is 1. The molecular formula is C25H32ClN2O+. The minimum atomic E-state index is 0.0338. The van der Waals surface area contributed by atoms with Crippen LogP contribution in [-0.4, -0.2) is 43.1 Å². The quantitative estimate of drug-likeness (QED) is 0.594. The smallest absolute Gasteiger partial charge is 0.260 e. The third-order valence-corrected chi connectivity index (χ3v) is 7.14. The molecule has 3 atom stereocenters. The lowest BCUT2D eigenvalue weighted by Gasteiger charge is -2.44. The first-order chi connectivity index (χ1) is 13.8. The van der Waals surface area contributed by atoms with Crippen molar-refractivity contribution >= 4 is 23.2 Å². The predicted molar refractivity (Wildman–Crippen MR) is 121 cm³/mol. The molecule has 0 bridgehead atoms. The standard InChI is InChI=1S/C25H32ClN2O/c1-17(2)11-13-28(4)14-12-24-21(16-28)20-15-18(3)9-10-23(20)27(24)25(29)19-7-5-6-8-22(19)26/h5-10,15,17,21,24H,11-14,16H2,1-4H3/q+1/t21-,24-,28?/m0/s1. The Hall–Kier alpha value is -1.84. The number of aryl methyl sites for hydroxylation is 1. The molecule has 2 heterocycles. The minimum absolute atomic E-state index is 0.0338. The van der Waals surface area contributed by atoms with Gasteiger partial charge in [0.15, 0.2) is 0 Å². The summed E-state index contributed by atoms with van der Waals surface area (Å²) < 4.78 is 1.10. The average molecular weight is 412 g/mol. The van der Waals surface area contributed by atoms with Crippen molar-refractivity contribution in [3.05, 3.63) is 64.2 Å². The zero-order valence-corrected chi connectivity index (χ0v) is 18.7. The summed E-state index contributed by atoms with van der Waals surface area (Å²) in [6.07, 6.45) is 2.28. The third kappa shape index (κ3) is 3.83. The van der Waals surface area contributed by atoms with E-state index >= 15 is 0 Å². The molecule has 3 nitrogen and oxygen atoms in total. The summed E-state index contributed by atoms with van der Waals surface area (Å²) in [4.78, 5) is 15.6. The summed E-state index contributed by atoms with van der Waals surface area (Å²) in [6.45, 7) is 10.2. The van der Waals surface area contributed by atoms with Crippen molar-refractivity contribution in [3.8, 4) is 0 Å². The highest BCUT2D eigenvalue weighted by atomic mass is 35.5. The van der Waals surface area contributed by atoms with Crippen molar-refractivity contribution in [1.82, 2.24) is 0 Å². The van der Waals surface area contributed by atoms with E-state index in [9.17, 15) is 4.79 Å². The second kappa shape index (κ2) is 7.77. The van der Waals surface area contributed by atoms with Gasteiger partial charge in [-0.15, -0.1) is 0 Å². The Kier molecular flexibility index (Phi) is 5.48. The van der Waals surface area contributed by atoms with Crippen LogP contribution in [0.5, 0.6) is 0 Å². The number of nitrogens with zero attached hydrogens (tertiary/aromatic N) is 2. The zero-order chi connectivity index (χ0) is 20.8. The highest BCUT2D eigenvalue weighted by Gasteiger charge is 2.49. The summed E-state index contributed by atoms with van der Waals surface area (Å²) in [6, 6.07) is 14.2. The number of likely N-dealkylation sites (N-methyl/N-ethyl adjacent to an activating group) is 1. The van der Waals surface area contributed by atoms with Crippen LogP contribution in [0.15, 0.2) is 42.5 Å². The number of carbonyl (C=O) groups excluding carboxylic acids is 1. The van der Waals surface area contributed by atoms with Crippen LogP contribution < -0.4 is 4.90 Å². The number of rotatable bonds is 4. The number of halogens is 1. The van der Waals surface area contributed by atoms with Gasteiger partial charge in [-0.2, -0.15) is 0 Å². The molecule has 2 aliphatic rings. The number of piperidine rings is 1. The van der Waals surface area contributed by atoms with Crippen molar-refractivity contribution in [3.63, 3.8) is 0 Å². The SMILES string of the molecule is Cc1ccc2c(c1)[C@@H]1C[N+](C)(CCC(C)C)CC[C@@H]1N2C(=O)c1ccccc1Cl. The fraction of sp³-hybridized carbons (Fsp3) is 0.480. The second-order valence-corrected chi connectivity index (χ2v) is 10.0. The van der Waals surface area contributed by atoms with E-state index in [4.69, 9.17) is 11.6 Å². The molecule has 0 aromatic heterocycles. The number of hydrogen-bond acceptors (Lipinski definition) is 1. The van der Waals surface area contributed by atoms with E-state index < -0.39 is 0 Å². The Morgan fingerprint density at radius 2 is 2.00 bits per heavy atom. The Balaban J connectivity index is 1.70. The number of amides is 1. The van der Waals surface area contributed by atoms with Gasteiger partial charge in [0.2, 0.25) is 0 Å². The first-order valence-electron chi connectivity index (χ1n) is 10.8. The van der Waals surface area contributed by atoms with Crippen LogP contribution >= 0.6 is 11.6 Å². The van der Waals surface area contributed by atoms with Gasteiger partial charge in [0.1, 0.15) is 0 Å². The van der Waals surface area contributed by atoms with E-state index in [1.165, 1.54) is 24.1 Å². The predicted octanol–water partition coefficient (Wildman–Crippen LogP) is 5.66. The van der Waals surface area contributed by atoms with E-state index in [0.717, 1.165) is 35.6 Å². The van der Waals surface area contributed by atoms with Gasteiger partial charge in [0.25, 0.3) is 5.91 Å². The molecule has 0 N–H and O–H groups in total. The lowest BCUT2D eigenvalue weighted by atomic mass is 9.86. The molecule has 29 heavy (non-hydrogen) atoms. The Bertz CT molecular complexity index is 925. The number of hydrogen-bond donors (Lipinski definition) is 0.